The van der Waals surface area contributed by atoms with E-state index in [0.29, 0.717) is 6.54 Å². The first kappa shape index (κ1) is 13.6. The van der Waals surface area contributed by atoms with E-state index in [-0.39, 0.29) is 5.91 Å². The zero-order valence-electron chi connectivity index (χ0n) is 11.3. The highest BCUT2D eigenvalue weighted by Gasteiger charge is 2.12. The van der Waals surface area contributed by atoms with E-state index in [1.165, 1.54) is 18.2 Å². The van der Waals surface area contributed by atoms with Crippen molar-refractivity contribution < 1.29 is 9.53 Å². The van der Waals surface area contributed by atoms with Crippen molar-refractivity contribution in [2.75, 3.05) is 37.7 Å². The van der Waals surface area contributed by atoms with Crippen LogP contribution < -0.4 is 10.2 Å². The van der Waals surface area contributed by atoms with Crippen LogP contribution in [-0.4, -0.2) is 38.8 Å². The van der Waals surface area contributed by atoms with Crippen LogP contribution >= 0.6 is 0 Å². The van der Waals surface area contributed by atoms with Gasteiger partial charge in [0.05, 0.1) is 13.2 Å². The third kappa shape index (κ3) is 4.10. The van der Waals surface area contributed by atoms with Gasteiger partial charge in [0.25, 0.3) is 0 Å². The second kappa shape index (κ2) is 6.95. The molecule has 0 saturated carbocycles. The zero-order chi connectivity index (χ0) is 13.5. The van der Waals surface area contributed by atoms with Crippen molar-refractivity contribution in [1.82, 2.24) is 5.32 Å². The highest BCUT2D eigenvalue weighted by Crippen LogP contribution is 2.22. The van der Waals surface area contributed by atoms with Gasteiger partial charge in [0.15, 0.2) is 0 Å². The SMILES string of the molecule is CC(=O)NCC=Cc1ccccc1N1CCOCC1. The first-order valence-corrected chi connectivity index (χ1v) is 6.60. The summed E-state index contributed by atoms with van der Waals surface area (Å²) < 4.78 is 5.38. The standard InChI is InChI=1S/C15H20N2O2/c1-13(18)16-8-4-6-14-5-2-3-7-15(14)17-9-11-19-12-10-17/h2-7H,8-12H2,1H3,(H,16,18). The number of carbonyl (C=O) groups is 1. The highest BCUT2D eigenvalue weighted by molar-refractivity contribution is 5.73. The summed E-state index contributed by atoms with van der Waals surface area (Å²) in [5.74, 6) is -0.00823. The number of hydrogen-bond donors (Lipinski definition) is 1. The molecule has 2 rings (SSSR count). The number of para-hydroxylation sites is 1. The van der Waals surface area contributed by atoms with Crippen LogP contribution in [0.4, 0.5) is 5.69 Å². The van der Waals surface area contributed by atoms with Gasteiger partial charge < -0.3 is 15.0 Å². The predicted octanol–water partition coefficient (Wildman–Crippen LogP) is 1.67. The first-order valence-electron chi connectivity index (χ1n) is 6.60. The molecule has 0 spiro atoms. The molecule has 0 aromatic heterocycles. The molecule has 0 aliphatic carbocycles. The predicted molar refractivity (Wildman–Crippen MR) is 77.2 cm³/mol. The van der Waals surface area contributed by atoms with Gasteiger partial charge in [0, 0.05) is 32.2 Å². The van der Waals surface area contributed by atoms with E-state index in [1.54, 1.807) is 0 Å². The number of rotatable bonds is 4. The van der Waals surface area contributed by atoms with Gasteiger partial charge in [-0.15, -0.1) is 0 Å². The molecule has 1 aromatic rings. The Morgan fingerprint density at radius 1 is 1.37 bits per heavy atom. The lowest BCUT2D eigenvalue weighted by Crippen LogP contribution is -2.36. The second-order valence-corrected chi connectivity index (χ2v) is 4.50. The molecule has 19 heavy (non-hydrogen) atoms. The molecule has 1 saturated heterocycles. The van der Waals surface area contributed by atoms with Gasteiger partial charge in [0.2, 0.25) is 5.91 Å². The van der Waals surface area contributed by atoms with Crippen LogP contribution in [0, 0.1) is 0 Å². The smallest absolute Gasteiger partial charge is 0.217 e. The fourth-order valence-electron chi connectivity index (χ4n) is 2.11. The molecule has 0 bridgehead atoms. The minimum Gasteiger partial charge on any atom is -0.378 e. The van der Waals surface area contributed by atoms with Crippen molar-refractivity contribution in [3.05, 3.63) is 35.9 Å². The van der Waals surface area contributed by atoms with Gasteiger partial charge in [-0.2, -0.15) is 0 Å². The van der Waals surface area contributed by atoms with Gasteiger partial charge in [-0.25, -0.2) is 0 Å². The highest BCUT2D eigenvalue weighted by atomic mass is 16.5. The number of morpholine rings is 1. The number of anilines is 1. The monoisotopic (exact) mass is 260 g/mol. The molecule has 0 unspecified atom stereocenters. The average molecular weight is 260 g/mol. The van der Waals surface area contributed by atoms with E-state index in [4.69, 9.17) is 4.74 Å². The summed E-state index contributed by atoms with van der Waals surface area (Å²) in [5, 5.41) is 2.76. The van der Waals surface area contributed by atoms with Gasteiger partial charge in [-0.1, -0.05) is 30.4 Å². The van der Waals surface area contributed by atoms with Gasteiger partial charge in [-0.3, -0.25) is 4.79 Å². The summed E-state index contributed by atoms with van der Waals surface area (Å²) in [6.45, 7) is 5.50. The van der Waals surface area contributed by atoms with E-state index < -0.39 is 0 Å². The number of nitrogens with one attached hydrogen (secondary N) is 1. The summed E-state index contributed by atoms with van der Waals surface area (Å²) >= 11 is 0. The number of hydrogen-bond acceptors (Lipinski definition) is 3. The number of ether oxygens (including phenoxy) is 1. The summed E-state index contributed by atoms with van der Waals surface area (Å²) in [5.41, 5.74) is 2.40. The fourth-order valence-corrected chi connectivity index (χ4v) is 2.11. The summed E-state index contributed by atoms with van der Waals surface area (Å²) in [7, 11) is 0. The lowest BCUT2D eigenvalue weighted by atomic mass is 10.1. The maximum Gasteiger partial charge on any atom is 0.217 e. The van der Waals surface area contributed by atoms with E-state index in [0.717, 1.165) is 26.3 Å². The van der Waals surface area contributed by atoms with Crippen molar-refractivity contribution in [3.63, 3.8) is 0 Å². The Labute approximate surface area is 114 Å². The largest absolute Gasteiger partial charge is 0.378 e. The third-order valence-electron chi connectivity index (χ3n) is 3.05. The fraction of sp³-hybridized carbons (Fsp3) is 0.400. The maximum atomic E-state index is 10.8. The van der Waals surface area contributed by atoms with Crippen molar-refractivity contribution >= 4 is 17.7 Å². The molecular weight excluding hydrogens is 240 g/mol. The molecule has 4 nitrogen and oxygen atoms in total. The van der Waals surface area contributed by atoms with Crippen LogP contribution in [0.25, 0.3) is 6.08 Å². The Hall–Kier alpha value is -1.81. The maximum absolute atomic E-state index is 10.8. The van der Waals surface area contributed by atoms with Gasteiger partial charge in [0.1, 0.15) is 0 Å². The Bertz CT molecular complexity index is 451. The molecule has 1 aromatic carbocycles. The summed E-state index contributed by atoms with van der Waals surface area (Å²) in [6.07, 6.45) is 4.03. The van der Waals surface area contributed by atoms with Crippen LogP contribution in [0.3, 0.4) is 0 Å². The third-order valence-corrected chi connectivity index (χ3v) is 3.05. The Balaban J connectivity index is 2.05. The normalized spacial score (nSPS) is 15.7. The van der Waals surface area contributed by atoms with Gasteiger partial charge >= 0.3 is 0 Å². The molecular formula is C15H20N2O2. The molecule has 1 aliphatic rings. The van der Waals surface area contributed by atoms with Crippen LogP contribution in [0.5, 0.6) is 0 Å². The van der Waals surface area contributed by atoms with E-state index in [2.05, 4.69) is 34.5 Å². The van der Waals surface area contributed by atoms with E-state index >= 15 is 0 Å². The topological polar surface area (TPSA) is 41.6 Å². The molecule has 0 atom stereocenters. The Morgan fingerprint density at radius 3 is 2.84 bits per heavy atom. The lowest BCUT2D eigenvalue weighted by molar-refractivity contribution is -0.118. The average Bonchev–Trinajstić information content (AvgIpc) is 2.45. The number of benzene rings is 1. The van der Waals surface area contributed by atoms with Crippen LogP contribution in [0.2, 0.25) is 0 Å². The second-order valence-electron chi connectivity index (χ2n) is 4.50. The molecule has 1 heterocycles. The first-order chi connectivity index (χ1) is 9.27. The molecule has 0 radical (unpaired) electrons. The zero-order valence-corrected chi connectivity index (χ0v) is 11.3. The van der Waals surface area contributed by atoms with Crippen molar-refractivity contribution in [2.45, 2.75) is 6.92 Å². The summed E-state index contributed by atoms with van der Waals surface area (Å²) in [6, 6.07) is 8.30. The minimum absolute atomic E-state index is 0.00823. The number of nitrogens with zero attached hydrogens (tertiary/aromatic N) is 1. The quantitative estimate of drug-likeness (QED) is 0.895. The Kier molecular flexibility index (Phi) is 4.98. The number of amides is 1. The molecule has 102 valence electrons. The lowest BCUT2D eigenvalue weighted by Gasteiger charge is -2.30. The van der Waals surface area contributed by atoms with Crippen molar-refractivity contribution in [1.29, 1.82) is 0 Å². The molecule has 1 amide bonds. The van der Waals surface area contributed by atoms with Gasteiger partial charge in [-0.05, 0) is 11.6 Å². The van der Waals surface area contributed by atoms with Crippen molar-refractivity contribution in [3.8, 4) is 0 Å². The molecule has 1 N–H and O–H groups in total. The number of carbonyl (C=O) groups excluding carboxylic acids is 1. The van der Waals surface area contributed by atoms with E-state index in [1.807, 2.05) is 12.1 Å². The summed E-state index contributed by atoms with van der Waals surface area (Å²) in [4.78, 5) is 13.1. The Morgan fingerprint density at radius 2 is 2.11 bits per heavy atom. The minimum atomic E-state index is -0.00823. The van der Waals surface area contributed by atoms with Crippen LogP contribution in [0.1, 0.15) is 12.5 Å². The van der Waals surface area contributed by atoms with Crippen LogP contribution in [-0.2, 0) is 9.53 Å². The molecule has 4 heteroatoms. The molecule has 1 aliphatic heterocycles. The van der Waals surface area contributed by atoms with E-state index in [9.17, 15) is 4.79 Å². The van der Waals surface area contributed by atoms with Crippen LogP contribution in [0.15, 0.2) is 30.3 Å². The molecule has 1 fully saturated rings. The van der Waals surface area contributed by atoms with Crippen molar-refractivity contribution in [2.24, 2.45) is 0 Å².